The van der Waals surface area contributed by atoms with Gasteiger partial charge in [-0.1, -0.05) is 0 Å². The number of carbonyl (C=O) groups is 4. The molecule has 0 aromatic carbocycles. The maximum atomic E-state index is 18.4. The number of hydrogen-bond donors (Lipinski definition) is 1. The first-order chi connectivity index (χ1) is 25.6. The summed E-state index contributed by atoms with van der Waals surface area (Å²) in [6.45, 7) is 7.15. The summed E-state index contributed by atoms with van der Waals surface area (Å²) in [5.74, 6) is -2.43. The van der Waals surface area contributed by atoms with Gasteiger partial charge in [-0.3, -0.25) is 0 Å². The van der Waals surface area contributed by atoms with Crippen LogP contribution in [-0.4, -0.2) is 87.4 Å². The Morgan fingerprint density at radius 2 is 1.17 bits per heavy atom. The minimum absolute atomic E-state index is 0.0249. The van der Waals surface area contributed by atoms with Crippen LogP contribution in [0.4, 0.5) is 5.73 Å². The number of methoxy groups -OCH3 is 3. The molecule has 0 aliphatic carbocycles. The van der Waals surface area contributed by atoms with Crippen molar-refractivity contribution < 1.29 is 44.2 Å². The molecule has 2 aromatic heterocycles. The van der Waals surface area contributed by atoms with Crippen molar-refractivity contribution in [2.45, 2.75) is 79.1 Å². The van der Waals surface area contributed by atoms with E-state index in [1.54, 1.807) is 38.2 Å². The molecule has 0 radical (unpaired) electrons. The Balaban J connectivity index is 1.79. The van der Waals surface area contributed by atoms with Crippen LogP contribution in [0.2, 0.25) is 0 Å². The number of carbonyl (C=O) groups excluding carboxylic acids is 3. The van der Waals surface area contributed by atoms with E-state index < -0.39 is 43.9 Å². The van der Waals surface area contributed by atoms with Gasteiger partial charge in [-0.25, -0.2) is 0 Å². The van der Waals surface area contributed by atoms with Gasteiger partial charge in [0.15, 0.2) is 0 Å². The summed E-state index contributed by atoms with van der Waals surface area (Å²) in [6, 6.07) is 0. The number of aromatic nitrogens is 2. The second-order valence-electron chi connectivity index (χ2n) is 13.6. The average Bonchev–Trinajstić information content (AvgIpc) is 3.77. The van der Waals surface area contributed by atoms with Crippen LogP contribution in [0.3, 0.4) is 0 Å². The van der Waals surface area contributed by atoms with Gasteiger partial charge in [-0.2, -0.15) is 0 Å². The van der Waals surface area contributed by atoms with Gasteiger partial charge < -0.3 is 0 Å². The molecule has 4 aliphatic rings. The molecule has 284 valence electrons. The number of nitrogens with zero attached hydrogens (tertiary/aromatic N) is 4. The molecule has 6 heterocycles. The zero-order valence-corrected chi connectivity index (χ0v) is 34.2. The van der Waals surface area contributed by atoms with E-state index in [0.29, 0.717) is 61.8 Å². The third kappa shape index (κ3) is 6.84. The van der Waals surface area contributed by atoms with E-state index in [-0.39, 0.29) is 73.5 Å². The van der Waals surface area contributed by atoms with Crippen LogP contribution in [0.1, 0.15) is 86.0 Å². The third-order valence-corrected chi connectivity index (χ3v) is 16.5. The van der Waals surface area contributed by atoms with Crippen LogP contribution in [0, 0.1) is 13.8 Å². The number of aliphatic imine (C=N–C) groups is 2. The van der Waals surface area contributed by atoms with Crippen molar-refractivity contribution in [3.05, 3.63) is 78.0 Å². The molecule has 6 rings (SSSR count). The van der Waals surface area contributed by atoms with E-state index in [2.05, 4.69) is 0 Å². The van der Waals surface area contributed by atoms with Gasteiger partial charge in [0, 0.05) is 0 Å². The molecule has 12 nitrogen and oxygen atoms in total. The van der Waals surface area contributed by atoms with Crippen molar-refractivity contribution >= 4 is 79.7 Å². The molecule has 6 bridgehead atoms. The van der Waals surface area contributed by atoms with E-state index in [4.69, 9.17) is 24.2 Å². The number of allylic oxidation sites excluding steroid dienone is 4. The Hall–Kier alpha value is -4.86. The fraction of sp³-hybridized carbons (Fsp3) is 0.385. The van der Waals surface area contributed by atoms with Crippen molar-refractivity contribution in [1.82, 2.24) is 5.58 Å². The summed E-state index contributed by atoms with van der Waals surface area (Å²) in [5.41, 5.74) is 6.94. The molecule has 15 heteroatoms. The van der Waals surface area contributed by atoms with Gasteiger partial charge in [0.05, 0.1) is 0 Å². The average molecular weight is 851 g/mol. The molecule has 0 amide bonds. The molecule has 0 unspecified atom stereocenters. The van der Waals surface area contributed by atoms with Crippen LogP contribution in [0.25, 0.3) is 24.3 Å². The molecular formula is C39H42F2N4O8Sn. The fourth-order valence-electron chi connectivity index (χ4n) is 7.66. The first-order valence-corrected chi connectivity index (χ1v) is 22.3. The second kappa shape index (κ2) is 15.1. The summed E-state index contributed by atoms with van der Waals surface area (Å²) >= 11 is -7.02. The van der Waals surface area contributed by atoms with Crippen LogP contribution < -0.4 is 10.7 Å². The van der Waals surface area contributed by atoms with Crippen LogP contribution in [0.5, 0.6) is 0 Å². The molecule has 0 saturated heterocycles. The quantitative estimate of drug-likeness (QED) is 0.186. The van der Waals surface area contributed by atoms with E-state index in [9.17, 15) is 24.3 Å². The third-order valence-electron chi connectivity index (χ3n) is 10.7. The number of aliphatic carboxylic acids is 1. The predicted octanol–water partition coefficient (Wildman–Crippen LogP) is 4.52. The molecule has 4 aliphatic heterocycles. The summed E-state index contributed by atoms with van der Waals surface area (Å²) in [7, 11) is 3.88. The number of rotatable bonds is 12. The number of esters is 3. The first-order valence-electron chi connectivity index (χ1n) is 17.6. The van der Waals surface area contributed by atoms with Crippen LogP contribution >= 0.6 is 0 Å². The Morgan fingerprint density at radius 1 is 0.630 bits per heavy atom. The Labute approximate surface area is 316 Å². The van der Waals surface area contributed by atoms with Crippen molar-refractivity contribution in [2.24, 2.45) is 9.98 Å². The zero-order valence-electron chi connectivity index (χ0n) is 31.3. The number of ether oxygens (including phenoxy) is 3. The van der Waals surface area contributed by atoms with Gasteiger partial charge in [-0.05, 0) is 0 Å². The second-order valence-corrected chi connectivity index (χ2v) is 19.1. The molecular weight excluding hydrogens is 809 g/mol. The zero-order chi connectivity index (χ0) is 39.2. The van der Waals surface area contributed by atoms with Crippen molar-refractivity contribution in [1.29, 1.82) is 0 Å². The van der Waals surface area contributed by atoms with Crippen molar-refractivity contribution in [3.63, 3.8) is 0 Å². The SMILES string of the molecule is COC(=O)CCC1=C(C)C2=NC1=Cc1c(C)c(CCC(=O)OC)c3[n]1[Sn]([F])([F])[n]1c(c(C)c(CCC(=O)O)c1=CC1=NC(=C3)C(C)=C1CCC(=O)OC)=C2. The maximum absolute atomic E-state index is 18.4. The number of carboxylic acids is 1. The van der Waals surface area contributed by atoms with Gasteiger partial charge >= 0.3 is 318 Å². The topological polar surface area (TPSA) is 151 Å². The molecule has 0 spiro atoms. The molecule has 2 aromatic rings. The van der Waals surface area contributed by atoms with E-state index >= 15 is 5.73 Å². The molecule has 54 heavy (non-hydrogen) atoms. The standard InChI is InChI=1S/C39H43N4O8.2FH.Sn/c1-20-24(8-12-36(44)45)34-19-35-27(11-15-39(48)51-7)23(4)31(43-35)18-33-26(10-14-38(47)50-6)22(3)30(42-33)17-32-25(9-13-37(46)49-5)21(2)29(40-32)16-28(20)41-34;;;/h16-19H,8-15H2,1-7H3,(H2-,40,41,42,43,44,45);2*1H;/q-1;;;+4/p-3. The molecule has 0 atom stereocenters. The minimum atomic E-state index is -7.02. The van der Waals surface area contributed by atoms with Gasteiger partial charge in [0.1, 0.15) is 0 Å². The van der Waals surface area contributed by atoms with Crippen molar-refractivity contribution in [3.8, 4) is 0 Å². The van der Waals surface area contributed by atoms with Gasteiger partial charge in [-0.15, -0.1) is 0 Å². The summed E-state index contributed by atoms with van der Waals surface area (Å²) < 4.78 is 53.8. The van der Waals surface area contributed by atoms with Crippen LogP contribution in [0.15, 0.2) is 43.7 Å². The van der Waals surface area contributed by atoms with E-state index in [0.717, 1.165) is 11.2 Å². The molecule has 0 fully saturated rings. The van der Waals surface area contributed by atoms with E-state index in [1.165, 1.54) is 21.3 Å². The monoisotopic (exact) mass is 852 g/mol. The Morgan fingerprint density at radius 3 is 1.78 bits per heavy atom. The number of carboxylic acid groups (broad SMARTS) is 1. The Bertz CT molecular complexity index is 2350. The van der Waals surface area contributed by atoms with Crippen molar-refractivity contribution in [2.75, 3.05) is 21.3 Å². The molecule has 1 N–H and O–H groups in total. The predicted molar refractivity (Wildman–Crippen MR) is 200 cm³/mol. The number of hydrogen-bond acceptors (Lipinski definition) is 9. The van der Waals surface area contributed by atoms with Gasteiger partial charge in [0.25, 0.3) is 0 Å². The fourth-order valence-corrected chi connectivity index (χ4v) is 14.0. The summed E-state index contributed by atoms with van der Waals surface area (Å²) in [4.78, 5) is 59.0. The normalized spacial score (nSPS) is 16.5. The van der Waals surface area contributed by atoms with Crippen LogP contribution in [-0.2, 0) is 46.2 Å². The number of fused-ring (bicyclic) bond motifs is 2. The Kier molecular flexibility index (Phi) is 10.9. The number of halogens is 2. The van der Waals surface area contributed by atoms with Gasteiger partial charge in [0.2, 0.25) is 0 Å². The summed E-state index contributed by atoms with van der Waals surface area (Å²) in [6.07, 6.45) is 6.83. The van der Waals surface area contributed by atoms with E-state index in [1.807, 2.05) is 13.8 Å². The first kappa shape index (κ1) is 38.9. The molecule has 0 saturated carbocycles. The summed E-state index contributed by atoms with van der Waals surface area (Å²) in [5, 5.41) is 10.1.